The molecule has 0 aromatic carbocycles. The Morgan fingerprint density at radius 3 is 3.25 bits per heavy atom. The molecule has 3 nitrogen and oxygen atoms in total. The number of hydrogen-bond donors (Lipinski definition) is 2. The number of nitrogens with zero attached hydrogens (tertiary/aromatic N) is 1. The van der Waals surface area contributed by atoms with Gasteiger partial charge >= 0.3 is 0 Å². The molecular weight excluding hydrogens is 218 g/mol. The summed E-state index contributed by atoms with van der Waals surface area (Å²) in [4.78, 5) is 4.43. The van der Waals surface area contributed by atoms with Crippen LogP contribution in [0.2, 0.25) is 0 Å². The van der Waals surface area contributed by atoms with E-state index in [1.165, 1.54) is 38.0 Å². The highest BCUT2D eigenvalue weighted by Gasteiger charge is 2.13. The normalized spacial score (nSPS) is 20.4. The Labute approximate surface area is 102 Å². The molecule has 0 aliphatic carbocycles. The summed E-state index contributed by atoms with van der Waals surface area (Å²) in [6.45, 7) is 6.54. The Morgan fingerprint density at radius 1 is 1.62 bits per heavy atom. The van der Waals surface area contributed by atoms with Gasteiger partial charge in [0.15, 0.2) is 0 Å². The fourth-order valence-electron chi connectivity index (χ4n) is 2.18. The third kappa shape index (κ3) is 3.85. The third-order valence-electron chi connectivity index (χ3n) is 3.10. The number of thiazole rings is 1. The van der Waals surface area contributed by atoms with Crippen molar-refractivity contribution in [2.75, 3.05) is 19.6 Å². The molecule has 2 rings (SSSR count). The molecule has 1 aromatic heterocycles. The minimum atomic E-state index is 0.920. The van der Waals surface area contributed by atoms with Crippen molar-refractivity contribution in [1.29, 1.82) is 0 Å². The third-order valence-corrected chi connectivity index (χ3v) is 3.92. The molecule has 0 amide bonds. The molecule has 4 heteroatoms. The monoisotopic (exact) mass is 239 g/mol. The van der Waals surface area contributed by atoms with Gasteiger partial charge < -0.3 is 10.6 Å². The van der Waals surface area contributed by atoms with E-state index in [1.54, 1.807) is 11.3 Å². The molecule has 0 saturated carbocycles. The van der Waals surface area contributed by atoms with Crippen LogP contribution >= 0.6 is 11.3 Å². The van der Waals surface area contributed by atoms with Crippen molar-refractivity contribution in [2.45, 2.75) is 32.7 Å². The van der Waals surface area contributed by atoms with Gasteiger partial charge in [-0.15, -0.1) is 11.3 Å². The largest absolute Gasteiger partial charge is 0.316 e. The van der Waals surface area contributed by atoms with Crippen LogP contribution in [0.1, 0.15) is 30.0 Å². The average Bonchev–Trinajstić information content (AvgIpc) is 2.89. The van der Waals surface area contributed by atoms with Crippen LogP contribution in [0.25, 0.3) is 0 Å². The summed E-state index contributed by atoms with van der Waals surface area (Å²) in [5, 5.41) is 10.2. The van der Waals surface area contributed by atoms with Crippen molar-refractivity contribution in [1.82, 2.24) is 15.6 Å². The summed E-state index contributed by atoms with van der Waals surface area (Å²) in [7, 11) is 0. The molecule has 0 spiro atoms. The molecule has 1 aromatic rings. The fraction of sp³-hybridized carbons (Fsp3) is 0.750. The summed E-state index contributed by atoms with van der Waals surface area (Å²) >= 11 is 1.73. The number of aromatic nitrogens is 1. The predicted octanol–water partition coefficient (Wildman–Crippen LogP) is 1.93. The number of rotatable bonds is 6. The molecule has 1 saturated heterocycles. The molecule has 2 heterocycles. The van der Waals surface area contributed by atoms with E-state index in [1.807, 2.05) is 0 Å². The van der Waals surface area contributed by atoms with E-state index in [2.05, 4.69) is 27.9 Å². The quantitative estimate of drug-likeness (QED) is 0.745. The Bertz CT molecular complexity index is 305. The van der Waals surface area contributed by atoms with Gasteiger partial charge in [0.25, 0.3) is 0 Å². The SMILES string of the molecule is Cc1nc(CNCCCC2CCNC2)cs1. The van der Waals surface area contributed by atoms with E-state index >= 15 is 0 Å². The highest BCUT2D eigenvalue weighted by molar-refractivity contribution is 7.09. The van der Waals surface area contributed by atoms with Crippen LogP contribution in [0, 0.1) is 12.8 Å². The van der Waals surface area contributed by atoms with Crippen LogP contribution in [-0.4, -0.2) is 24.6 Å². The first kappa shape index (κ1) is 12.0. The van der Waals surface area contributed by atoms with Crippen molar-refractivity contribution >= 4 is 11.3 Å². The van der Waals surface area contributed by atoms with Gasteiger partial charge in [0.05, 0.1) is 10.7 Å². The Kier molecular flexibility index (Phi) is 4.75. The lowest BCUT2D eigenvalue weighted by Gasteiger charge is -2.07. The van der Waals surface area contributed by atoms with E-state index in [9.17, 15) is 0 Å². The lowest BCUT2D eigenvalue weighted by Crippen LogP contribution is -2.16. The molecular formula is C12H21N3S. The molecule has 1 aliphatic heterocycles. The number of hydrogen-bond acceptors (Lipinski definition) is 4. The maximum absolute atomic E-state index is 4.43. The topological polar surface area (TPSA) is 37.0 Å². The maximum atomic E-state index is 4.43. The van der Waals surface area contributed by atoms with Gasteiger partial charge in [-0.05, 0) is 51.7 Å². The number of aryl methyl sites for hydroxylation is 1. The lowest BCUT2D eigenvalue weighted by molar-refractivity contribution is 0.491. The second kappa shape index (κ2) is 6.33. The van der Waals surface area contributed by atoms with E-state index < -0.39 is 0 Å². The Hall–Kier alpha value is -0.450. The summed E-state index contributed by atoms with van der Waals surface area (Å²) in [6, 6.07) is 0. The zero-order chi connectivity index (χ0) is 11.2. The van der Waals surface area contributed by atoms with Crippen molar-refractivity contribution in [3.8, 4) is 0 Å². The second-order valence-electron chi connectivity index (χ2n) is 4.54. The van der Waals surface area contributed by atoms with E-state index in [0.717, 1.165) is 24.0 Å². The molecule has 16 heavy (non-hydrogen) atoms. The van der Waals surface area contributed by atoms with E-state index in [0.29, 0.717) is 0 Å². The Balaban J connectivity index is 1.51. The maximum Gasteiger partial charge on any atom is 0.0897 e. The highest BCUT2D eigenvalue weighted by Crippen LogP contribution is 2.13. The second-order valence-corrected chi connectivity index (χ2v) is 5.60. The van der Waals surface area contributed by atoms with Gasteiger partial charge in [0, 0.05) is 11.9 Å². The zero-order valence-corrected chi connectivity index (χ0v) is 10.8. The minimum absolute atomic E-state index is 0.920. The Morgan fingerprint density at radius 2 is 2.56 bits per heavy atom. The first-order valence-corrected chi connectivity index (χ1v) is 7.05. The first-order chi connectivity index (χ1) is 7.84. The van der Waals surface area contributed by atoms with Gasteiger partial charge in [-0.2, -0.15) is 0 Å². The summed E-state index contributed by atoms with van der Waals surface area (Å²) in [5.41, 5.74) is 1.19. The standard InChI is InChI=1S/C12H21N3S/c1-10-15-12(9-16-10)8-13-5-2-3-11-4-6-14-7-11/h9,11,13-14H,2-8H2,1H3. The summed E-state index contributed by atoms with van der Waals surface area (Å²) in [6.07, 6.45) is 4.01. The molecule has 0 bridgehead atoms. The van der Waals surface area contributed by atoms with Crippen LogP contribution < -0.4 is 10.6 Å². The smallest absolute Gasteiger partial charge is 0.0897 e. The average molecular weight is 239 g/mol. The van der Waals surface area contributed by atoms with Crippen molar-refractivity contribution in [2.24, 2.45) is 5.92 Å². The highest BCUT2D eigenvalue weighted by atomic mass is 32.1. The van der Waals surface area contributed by atoms with Crippen molar-refractivity contribution in [3.63, 3.8) is 0 Å². The van der Waals surface area contributed by atoms with Crippen LogP contribution in [0.3, 0.4) is 0 Å². The van der Waals surface area contributed by atoms with Crippen LogP contribution in [-0.2, 0) is 6.54 Å². The van der Waals surface area contributed by atoms with Gasteiger partial charge in [-0.3, -0.25) is 0 Å². The number of nitrogens with one attached hydrogen (secondary N) is 2. The minimum Gasteiger partial charge on any atom is -0.316 e. The molecule has 2 N–H and O–H groups in total. The lowest BCUT2D eigenvalue weighted by atomic mass is 10.0. The zero-order valence-electron chi connectivity index (χ0n) is 9.96. The molecule has 1 aliphatic rings. The molecule has 1 atom stereocenters. The van der Waals surface area contributed by atoms with Crippen molar-refractivity contribution < 1.29 is 0 Å². The molecule has 90 valence electrons. The summed E-state index contributed by atoms with van der Waals surface area (Å²) in [5.74, 6) is 0.920. The van der Waals surface area contributed by atoms with Gasteiger partial charge in [0.1, 0.15) is 0 Å². The van der Waals surface area contributed by atoms with E-state index in [-0.39, 0.29) is 0 Å². The van der Waals surface area contributed by atoms with Crippen LogP contribution in [0.5, 0.6) is 0 Å². The van der Waals surface area contributed by atoms with Crippen LogP contribution in [0.4, 0.5) is 0 Å². The molecule has 1 fully saturated rings. The van der Waals surface area contributed by atoms with Crippen LogP contribution in [0.15, 0.2) is 5.38 Å². The van der Waals surface area contributed by atoms with Gasteiger partial charge in [0.2, 0.25) is 0 Å². The molecule has 0 radical (unpaired) electrons. The molecule has 1 unspecified atom stereocenters. The van der Waals surface area contributed by atoms with E-state index in [4.69, 9.17) is 0 Å². The van der Waals surface area contributed by atoms with Gasteiger partial charge in [-0.1, -0.05) is 0 Å². The van der Waals surface area contributed by atoms with Crippen molar-refractivity contribution in [3.05, 3.63) is 16.1 Å². The van der Waals surface area contributed by atoms with Gasteiger partial charge in [-0.25, -0.2) is 4.98 Å². The fourth-order valence-corrected chi connectivity index (χ4v) is 2.80. The predicted molar refractivity (Wildman–Crippen MR) is 68.8 cm³/mol. The summed E-state index contributed by atoms with van der Waals surface area (Å²) < 4.78 is 0. The first-order valence-electron chi connectivity index (χ1n) is 6.17.